The molecule has 2 aromatic rings. The van der Waals surface area contributed by atoms with Crippen molar-refractivity contribution in [2.75, 3.05) is 11.9 Å². The number of ether oxygens (including phenoxy) is 1. The van der Waals surface area contributed by atoms with Gasteiger partial charge in [0.2, 0.25) is 0 Å². The number of halogens is 1. The number of anilines is 1. The molecule has 0 heterocycles. The molecular formula is C17H20ClNO. The maximum Gasteiger partial charge on any atom is 0.142 e. The highest BCUT2D eigenvalue weighted by Crippen LogP contribution is 2.24. The molecule has 2 rings (SSSR count). The van der Waals surface area contributed by atoms with E-state index in [0.717, 1.165) is 29.4 Å². The second kappa shape index (κ2) is 7.20. The zero-order chi connectivity index (χ0) is 14.4. The van der Waals surface area contributed by atoms with Gasteiger partial charge in [0.05, 0.1) is 11.8 Å². The number of rotatable bonds is 6. The number of benzene rings is 2. The zero-order valence-corrected chi connectivity index (χ0v) is 12.7. The summed E-state index contributed by atoms with van der Waals surface area (Å²) in [7, 11) is 0. The Morgan fingerprint density at radius 1 is 1.05 bits per heavy atom. The van der Waals surface area contributed by atoms with E-state index >= 15 is 0 Å². The minimum absolute atomic E-state index is 0.175. The van der Waals surface area contributed by atoms with Crippen molar-refractivity contribution in [3.05, 3.63) is 59.1 Å². The molecule has 1 N–H and O–H groups in total. The Hall–Kier alpha value is -1.67. The lowest BCUT2D eigenvalue weighted by atomic mass is 10.1. The van der Waals surface area contributed by atoms with Crippen molar-refractivity contribution in [1.29, 1.82) is 0 Å². The zero-order valence-electron chi connectivity index (χ0n) is 11.9. The first-order valence-corrected chi connectivity index (χ1v) is 7.27. The lowest BCUT2D eigenvalue weighted by molar-refractivity contribution is 0.243. The highest BCUT2D eigenvalue weighted by atomic mass is 35.5. The Labute approximate surface area is 125 Å². The molecule has 0 saturated heterocycles. The minimum atomic E-state index is 0.175. The first-order valence-electron chi connectivity index (χ1n) is 6.89. The molecule has 0 spiro atoms. The molecule has 2 aromatic carbocycles. The molecule has 0 saturated carbocycles. The van der Waals surface area contributed by atoms with Gasteiger partial charge in [-0.3, -0.25) is 0 Å². The van der Waals surface area contributed by atoms with Crippen LogP contribution in [0.2, 0.25) is 5.02 Å². The summed E-state index contributed by atoms with van der Waals surface area (Å²) in [5, 5.41) is 4.20. The summed E-state index contributed by atoms with van der Waals surface area (Å²) in [5.74, 6) is 0.901. The van der Waals surface area contributed by atoms with Gasteiger partial charge in [0.1, 0.15) is 5.75 Å². The van der Waals surface area contributed by atoms with Crippen molar-refractivity contribution in [3.63, 3.8) is 0 Å². The molecule has 0 aliphatic carbocycles. The SMILES string of the molecule is CC(C)Oc1ccccc1NCCc1ccc(Cl)cc1. The molecule has 0 aromatic heterocycles. The van der Waals surface area contributed by atoms with Crippen molar-refractivity contribution >= 4 is 17.3 Å². The van der Waals surface area contributed by atoms with E-state index < -0.39 is 0 Å². The highest BCUT2D eigenvalue weighted by Gasteiger charge is 2.04. The molecule has 0 amide bonds. The summed E-state index contributed by atoms with van der Waals surface area (Å²) in [6, 6.07) is 16.0. The molecular weight excluding hydrogens is 270 g/mol. The molecule has 0 radical (unpaired) electrons. The van der Waals surface area contributed by atoms with Crippen LogP contribution in [0.25, 0.3) is 0 Å². The standard InChI is InChI=1S/C17H20ClNO/c1-13(2)20-17-6-4-3-5-16(17)19-12-11-14-7-9-15(18)10-8-14/h3-10,13,19H,11-12H2,1-2H3. The topological polar surface area (TPSA) is 21.3 Å². The first-order chi connectivity index (χ1) is 9.65. The third kappa shape index (κ3) is 4.46. The summed E-state index contributed by atoms with van der Waals surface area (Å²) in [6.45, 7) is 4.93. The van der Waals surface area contributed by atoms with E-state index in [1.807, 2.05) is 50.2 Å². The summed E-state index contributed by atoms with van der Waals surface area (Å²) in [4.78, 5) is 0. The van der Waals surface area contributed by atoms with Crippen LogP contribution in [-0.4, -0.2) is 12.6 Å². The van der Waals surface area contributed by atoms with Crippen molar-refractivity contribution in [3.8, 4) is 5.75 Å². The third-order valence-electron chi connectivity index (χ3n) is 2.89. The smallest absolute Gasteiger partial charge is 0.142 e. The van der Waals surface area contributed by atoms with Crippen LogP contribution in [0.5, 0.6) is 5.75 Å². The lowest BCUT2D eigenvalue weighted by Crippen LogP contribution is -2.10. The Morgan fingerprint density at radius 3 is 2.45 bits per heavy atom. The van der Waals surface area contributed by atoms with Gasteiger partial charge in [-0.05, 0) is 50.1 Å². The summed E-state index contributed by atoms with van der Waals surface area (Å²) in [5.41, 5.74) is 2.30. The van der Waals surface area contributed by atoms with Gasteiger partial charge in [-0.1, -0.05) is 35.9 Å². The van der Waals surface area contributed by atoms with Crippen LogP contribution in [0, 0.1) is 0 Å². The van der Waals surface area contributed by atoms with Crippen molar-refractivity contribution in [2.24, 2.45) is 0 Å². The van der Waals surface area contributed by atoms with Gasteiger partial charge in [-0.25, -0.2) is 0 Å². The maximum atomic E-state index is 5.88. The summed E-state index contributed by atoms with van der Waals surface area (Å²) in [6.07, 6.45) is 1.13. The molecule has 0 atom stereocenters. The van der Waals surface area contributed by atoms with Gasteiger partial charge in [0.25, 0.3) is 0 Å². The van der Waals surface area contributed by atoms with Crippen LogP contribution in [0.3, 0.4) is 0 Å². The number of nitrogens with one attached hydrogen (secondary N) is 1. The van der Waals surface area contributed by atoms with E-state index in [1.165, 1.54) is 5.56 Å². The third-order valence-corrected chi connectivity index (χ3v) is 3.14. The van der Waals surface area contributed by atoms with Crippen LogP contribution in [0.4, 0.5) is 5.69 Å². The Balaban J connectivity index is 1.92. The van der Waals surface area contributed by atoms with Crippen LogP contribution < -0.4 is 10.1 Å². The van der Waals surface area contributed by atoms with Gasteiger partial charge < -0.3 is 10.1 Å². The second-order valence-corrected chi connectivity index (χ2v) is 5.40. The molecule has 106 valence electrons. The molecule has 0 bridgehead atoms. The predicted molar refractivity (Wildman–Crippen MR) is 85.9 cm³/mol. The molecule has 0 fully saturated rings. The van der Waals surface area contributed by atoms with Gasteiger partial charge >= 0.3 is 0 Å². The fourth-order valence-electron chi connectivity index (χ4n) is 1.96. The number of hydrogen-bond acceptors (Lipinski definition) is 2. The fourth-order valence-corrected chi connectivity index (χ4v) is 2.09. The van der Waals surface area contributed by atoms with Crippen LogP contribution >= 0.6 is 11.6 Å². The minimum Gasteiger partial charge on any atom is -0.489 e. The van der Waals surface area contributed by atoms with E-state index in [-0.39, 0.29) is 6.10 Å². The van der Waals surface area contributed by atoms with E-state index in [9.17, 15) is 0 Å². The summed E-state index contributed by atoms with van der Waals surface area (Å²) < 4.78 is 5.78. The largest absolute Gasteiger partial charge is 0.489 e. The van der Waals surface area contributed by atoms with Crippen LogP contribution in [-0.2, 0) is 6.42 Å². The van der Waals surface area contributed by atoms with Gasteiger partial charge in [0, 0.05) is 11.6 Å². The van der Waals surface area contributed by atoms with Crippen molar-refractivity contribution in [2.45, 2.75) is 26.4 Å². The van der Waals surface area contributed by atoms with Crippen molar-refractivity contribution < 1.29 is 4.74 Å². The number of para-hydroxylation sites is 2. The van der Waals surface area contributed by atoms with E-state index in [4.69, 9.17) is 16.3 Å². The average molecular weight is 290 g/mol. The second-order valence-electron chi connectivity index (χ2n) is 4.97. The number of hydrogen-bond donors (Lipinski definition) is 1. The maximum absolute atomic E-state index is 5.88. The molecule has 0 aliphatic heterocycles. The Morgan fingerprint density at radius 2 is 1.75 bits per heavy atom. The van der Waals surface area contributed by atoms with E-state index in [2.05, 4.69) is 17.4 Å². The molecule has 2 nitrogen and oxygen atoms in total. The van der Waals surface area contributed by atoms with Gasteiger partial charge in [-0.2, -0.15) is 0 Å². The Bertz CT molecular complexity index is 537. The monoisotopic (exact) mass is 289 g/mol. The van der Waals surface area contributed by atoms with Crippen molar-refractivity contribution in [1.82, 2.24) is 0 Å². The normalized spacial score (nSPS) is 10.6. The van der Waals surface area contributed by atoms with Gasteiger partial charge in [-0.15, -0.1) is 0 Å². The first kappa shape index (κ1) is 14.7. The molecule has 0 aliphatic rings. The highest BCUT2D eigenvalue weighted by molar-refractivity contribution is 6.30. The average Bonchev–Trinajstić information content (AvgIpc) is 2.42. The van der Waals surface area contributed by atoms with Crippen LogP contribution in [0.15, 0.2) is 48.5 Å². The van der Waals surface area contributed by atoms with Crippen LogP contribution in [0.1, 0.15) is 19.4 Å². The molecule has 0 unspecified atom stereocenters. The molecule has 20 heavy (non-hydrogen) atoms. The quantitative estimate of drug-likeness (QED) is 0.826. The van der Waals surface area contributed by atoms with Gasteiger partial charge in [0.15, 0.2) is 0 Å². The fraction of sp³-hybridized carbons (Fsp3) is 0.294. The predicted octanol–water partition coefficient (Wildman–Crippen LogP) is 4.78. The molecule has 3 heteroatoms. The lowest BCUT2D eigenvalue weighted by Gasteiger charge is -2.15. The Kier molecular flexibility index (Phi) is 5.31. The van der Waals surface area contributed by atoms with E-state index in [0.29, 0.717) is 0 Å². The van der Waals surface area contributed by atoms with E-state index in [1.54, 1.807) is 0 Å². The summed E-state index contributed by atoms with van der Waals surface area (Å²) >= 11 is 5.88.